The zero-order valence-corrected chi connectivity index (χ0v) is 15.5. The maximum atomic E-state index is 12.3. The minimum Gasteiger partial charge on any atom is -0.506 e. The van der Waals surface area contributed by atoms with Crippen LogP contribution in [0.15, 0.2) is 60.7 Å². The van der Waals surface area contributed by atoms with Gasteiger partial charge in [0.15, 0.2) is 0 Å². The van der Waals surface area contributed by atoms with Gasteiger partial charge >= 0.3 is 6.09 Å². The Kier molecular flexibility index (Phi) is 4.50. The molecule has 27 heavy (non-hydrogen) atoms. The van der Waals surface area contributed by atoms with E-state index >= 15 is 0 Å². The van der Waals surface area contributed by atoms with Crippen LogP contribution in [-0.2, 0) is 4.74 Å². The number of anilines is 1. The van der Waals surface area contributed by atoms with Gasteiger partial charge in [0.05, 0.1) is 5.02 Å². The lowest BCUT2D eigenvalue weighted by molar-refractivity contribution is 0.158. The van der Waals surface area contributed by atoms with E-state index in [1.807, 2.05) is 24.3 Å². The molecule has 0 saturated heterocycles. The molecule has 5 heteroatoms. The molecule has 0 bridgehead atoms. The third kappa shape index (κ3) is 3.24. The summed E-state index contributed by atoms with van der Waals surface area (Å²) in [6.45, 7) is 2.01. The van der Waals surface area contributed by atoms with Crippen LogP contribution in [-0.4, -0.2) is 17.8 Å². The second-order valence-electron chi connectivity index (χ2n) is 6.57. The highest BCUT2D eigenvalue weighted by atomic mass is 35.5. The van der Waals surface area contributed by atoms with E-state index < -0.39 is 6.09 Å². The largest absolute Gasteiger partial charge is 0.506 e. The summed E-state index contributed by atoms with van der Waals surface area (Å²) in [5.41, 5.74) is 5.90. The number of carbonyl (C=O) groups excluding carboxylic acids is 1. The van der Waals surface area contributed by atoms with E-state index in [-0.39, 0.29) is 23.3 Å². The molecular weight excluding hydrogens is 362 g/mol. The maximum absolute atomic E-state index is 12.3. The number of amides is 1. The molecule has 0 heterocycles. The Morgan fingerprint density at radius 3 is 2.30 bits per heavy atom. The molecule has 1 aliphatic carbocycles. The quantitative estimate of drug-likeness (QED) is 0.572. The number of phenols is 1. The Morgan fingerprint density at radius 1 is 1.07 bits per heavy atom. The van der Waals surface area contributed by atoms with Crippen molar-refractivity contribution < 1.29 is 14.6 Å². The van der Waals surface area contributed by atoms with Crippen LogP contribution in [0, 0.1) is 6.92 Å². The molecule has 0 aliphatic heterocycles. The lowest BCUT2D eigenvalue weighted by atomic mass is 9.98. The second-order valence-corrected chi connectivity index (χ2v) is 6.98. The van der Waals surface area contributed by atoms with Crippen LogP contribution >= 0.6 is 11.6 Å². The average Bonchev–Trinajstić information content (AvgIpc) is 2.98. The van der Waals surface area contributed by atoms with E-state index in [0.717, 1.165) is 11.1 Å². The normalized spacial score (nSPS) is 12.4. The summed E-state index contributed by atoms with van der Waals surface area (Å²) < 4.78 is 5.51. The number of benzene rings is 3. The number of ether oxygens (including phenoxy) is 1. The molecule has 0 unspecified atom stereocenters. The minimum absolute atomic E-state index is 0.00709. The third-order valence-electron chi connectivity index (χ3n) is 4.87. The number of hydrogen-bond donors (Lipinski definition) is 2. The zero-order valence-electron chi connectivity index (χ0n) is 14.7. The summed E-state index contributed by atoms with van der Waals surface area (Å²) in [6, 6.07) is 19.4. The number of phenolic OH excluding ortho intramolecular Hbond substituents is 1. The standard InChI is InChI=1S/C22H18ClNO3/c1-13-10-21(25)19(23)11-20(13)24-22(26)27-12-18-16-8-4-2-6-14(16)15-7-3-5-9-17(15)18/h2-11,18,25H,12H2,1H3,(H,24,26). The highest BCUT2D eigenvalue weighted by Gasteiger charge is 2.29. The molecule has 4 rings (SSSR count). The van der Waals surface area contributed by atoms with Crippen LogP contribution in [0.1, 0.15) is 22.6 Å². The van der Waals surface area contributed by atoms with E-state index in [1.165, 1.54) is 23.3 Å². The van der Waals surface area contributed by atoms with E-state index in [4.69, 9.17) is 16.3 Å². The van der Waals surface area contributed by atoms with E-state index in [1.54, 1.807) is 6.92 Å². The molecule has 3 aromatic carbocycles. The molecule has 1 aliphatic rings. The first-order valence-electron chi connectivity index (χ1n) is 8.65. The molecule has 0 saturated carbocycles. The molecule has 4 nitrogen and oxygen atoms in total. The molecule has 1 amide bonds. The van der Waals surface area contributed by atoms with Gasteiger partial charge in [0.1, 0.15) is 12.4 Å². The number of carbonyl (C=O) groups is 1. The molecule has 3 aromatic rings. The highest BCUT2D eigenvalue weighted by Crippen LogP contribution is 2.44. The Hall–Kier alpha value is -2.98. The summed E-state index contributed by atoms with van der Waals surface area (Å²) >= 11 is 5.92. The minimum atomic E-state index is -0.554. The predicted molar refractivity (Wildman–Crippen MR) is 107 cm³/mol. The van der Waals surface area contributed by atoms with Gasteiger partial charge in [0.2, 0.25) is 0 Å². The van der Waals surface area contributed by atoms with Gasteiger partial charge in [-0.3, -0.25) is 5.32 Å². The van der Waals surface area contributed by atoms with Gasteiger partial charge in [-0.15, -0.1) is 0 Å². The molecule has 0 aromatic heterocycles. The van der Waals surface area contributed by atoms with Crippen molar-refractivity contribution in [2.75, 3.05) is 11.9 Å². The second kappa shape index (κ2) is 6.97. The van der Waals surface area contributed by atoms with Crippen LogP contribution in [0.5, 0.6) is 5.75 Å². The smallest absolute Gasteiger partial charge is 0.411 e. The van der Waals surface area contributed by atoms with E-state index in [0.29, 0.717) is 11.3 Å². The van der Waals surface area contributed by atoms with Crippen LogP contribution in [0.3, 0.4) is 0 Å². The van der Waals surface area contributed by atoms with Gasteiger partial charge in [-0.1, -0.05) is 60.1 Å². The molecule has 0 atom stereocenters. The van der Waals surface area contributed by atoms with Crippen molar-refractivity contribution in [3.8, 4) is 16.9 Å². The lowest BCUT2D eigenvalue weighted by Crippen LogP contribution is -2.18. The topological polar surface area (TPSA) is 58.6 Å². The number of nitrogens with one attached hydrogen (secondary N) is 1. The Morgan fingerprint density at radius 2 is 1.67 bits per heavy atom. The maximum Gasteiger partial charge on any atom is 0.411 e. The number of aromatic hydroxyl groups is 1. The number of rotatable bonds is 3. The van der Waals surface area contributed by atoms with Crippen molar-refractivity contribution >= 4 is 23.4 Å². The van der Waals surface area contributed by atoms with Crippen LogP contribution in [0.25, 0.3) is 11.1 Å². The van der Waals surface area contributed by atoms with Gasteiger partial charge in [-0.25, -0.2) is 4.79 Å². The SMILES string of the molecule is Cc1cc(O)c(Cl)cc1NC(=O)OCC1c2ccccc2-c2ccccc21. The van der Waals surface area contributed by atoms with Gasteiger partial charge in [-0.2, -0.15) is 0 Å². The lowest BCUT2D eigenvalue weighted by Gasteiger charge is -2.15. The Bertz CT molecular complexity index is 986. The molecule has 0 radical (unpaired) electrons. The van der Waals surface area contributed by atoms with Crippen molar-refractivity contribution in [1.29, 1.82) is 0 Å². The van der Waals surface area contributed by atoms with Crippen LogP contribution < -0.4 is 5.32 Å². The molecular formula is C22H18ClNO3. The van der Waals surface area contributed by atoms with E-state index in [9.17, 15) is 9.90 Å². The van der Waals surface area contributed by atoms with E-state index in [2.05, 4.69) is 29.6 Å². The number of fused-ring (bicyclic) bond motifs is 3. The zero-order chi connectivity index (χ0) is 19.0. The van der Waals surface area contributed by atoms with Gasteiger partial charge in [0, 0.05) is 11.6 Å². The van der Waals surface area contributed by atoms with Crippen LogP contribution in [0.4, 0.5) is 10.5 Å². The fourth-order valence-corrected chi connectivity index (χ4v) is 3.71. The fraction of sp³-hybridized carbons (Fsp3) is 0.136. The number of aryl methyl sites for hydroxylation is 1. The first-order valence-corrected chi connectivity index (χ1v) is 9.03. The van der Waals surface area contributed by atoms with Crippen molar-refractivity contribution in [1.82, 2.24) is 0 Å². The summed E-state index contributed by atoms with van der Waals surface area (Å²) in [7, 11) is 0. The Balaban J connectivity index is 1.51. The molecule has 136 valence electrons. The van der Waals surface area contributed by atoms with Crippen molar-refractivity contribution in [2.24, 2.45) is 0 Å². The molecule has 2 N–H and O–H groups in total. The van der Waals surface area contributed by atoms with Gasteiger partial charge in [0.25, 0.3) is 0 Å². The predicted octanol–water partition coefficient (Wildman–Crippen LogP) is 5.72. The van der Waals surface area contributed by atoms with Gasteiger partial charge in [-0.05, 0) is 46.9 Å². The van der Waals surface area contributed by atoms with Gasteiger partial charge < -0.3 is 9.84 Å². The first kappa shape index (κ1) is 17.4. The monoisotopic (exact) mass is 379 g/mol. The highest BCUT2D eigenvalue weighted by molar-refractivity contribution is 6.32. The van der Waals surface area contributed by atoms with Crippen molar-refractivity contribution in [3.63, 3.8) is 0 Å². The summed E-state index contributed by atoms with van der Waals surface area (Å²) in [5, 5.41) is 12.5. The van der Waals surface area contributed by atoms with Crippen molar-refractivity contribution in [3.05, 3.63) is 82.4 Å². The average molecular weight is 380 g/mol. The third-order valence-corrected chi connectivity index (χ3v) is 5.18. The summed E-state index contributed by atoms with van der Waals surface area (Å²) in [4.78, 5) is 12.3. The van der Waals surface area contributed by atoms with Crippen LogP contribution in [0.2, 0.25) is 5.02 Å². The number of halogens is 1. The summed E-state index contributed by atoms with van der Waals surface area (Å²) in [5.74, 6) is -0.0140. The number of hydrogen-bond acceptors (Lipinski definition) is 3. The first-order chi connectivity index (χ1) is 13.0. The molecule has 0 spiro atoms. The fourth-order valence-electron chi connectivity index (χ4n) is 3.55. The van der Waals surface area contributed by atoms with Crippen molar-refractivity contribution in [2.45, 2.75) is 12.8 Å². The Labute approximate surface area is 162 Å². The molecule has 0 fully saturated rings. The summed E-state index contributed by atoms with van der Waals surface area (Å²) in [6.07, 6.45) is -0.554.